The van der Waals surface area contributed by atoms with Crippen LogP contribution in [0.5, 0.6) is 0 Å². The summed E-state index contributed by atoms with van der Waals surface area (Å²) in [4.78, 5) is 14.9. The van der Waals surface area contributed by atoms with Crippen molar-refractivity contribution in [1.82, 2.24) is 9.62 Å². The predicted molar refractivity (Wildman–Crippen MR) is 116 cm³/mol. The van der Waals surface area contributed by atoms with Gasteiger partial charge in [0.15, 0.2) is 0 Å². The summed E-state index contributed by atoms with van der Waals surface area (Å²) in [6.45, 7) is 4.67. The van der Waals surface area contributed by atoms with Crippen molar-refractivity contribution in [3.63, 3.8) is 0 Å². The molecule has 0 aliphatic heterocycles. The van der Waals surface area contributed by atoms with Crippen molar-refractivity contribution >= 4 is 22.0 Å². The summed E-state index contributed by atoms with van der Waals surface area (Å²) in [5.41, 5.74) is 1.87. The topological polar surface area (TPSA) is 66.5 Å². The van der Waals surface area contributed by atoms with Crippen LogP contribution in [0.25, 0.3) is 6.08 Å². The Morgan fingerprint density at radius 1 is 1.14 bits per heavy atom. The van der Waals surface area contributed by atoms with Gasteiger partial charge in [0.05, 0.1) is 4.90 Å². The number of carbonyl (C=O) groups is 1. The van der Waals surface area contributed by atoms with E-state index in [2.05, 4.69) is 11.6 Å². The van der Waals surface area contributed by atoms with Crippen molar-refractivity contribution in [3.8, 4) is 0 Å². The molecule has 1 amide bonds. The van der Waals surface area contributed by atoms with Gasteiger partial charge in [-0.15, -0.1) is 0 Å². The van der Waals surface area contributed by atoms with E-state index < -0.39 is 10.0 Å². The van der Waals surface area contributed by atoms with Crippen LogP contribution in [0.2, 0.25) is 0 Å². The number of nitrogens with one attached hydrogen (secondary N) is 1. The molecule has 2 aromatic carbocycles. The van der Waals surface area contributed by atoms with E-state index in [1.165, 1.54) is 0 Å². The quantitative estimate of drug-likeness (QED) is 0.634. The Kier molecular flexibility index (Phi) is 6.87. The first kappa shape index (κ1) is 21.3. The van der Waals surface area contributed by atoms with E-state index in [0.717, 1.165) is 30.4 Å². The number of sulfonamides is 1. The fourth-order valence-corrected chi connectivity index (χ4v) is 4.27. The average Bonchev–Trinajstić information content (AvgIpc) is 3.54. The highest BCUT2D eigenvalue weighted by atomic mass is 32.2. The van der Waals surface area contributed by atoms with Gasteiger partial charge in [-0.1, -0.05) is 49.4 Å². The summed E-state index contributed by atoms with van der Waals surface area (Å²) in [7, 11) is -3.46. The van der Waals surface area contributed by atoms with Crippen LogP contribution in [-0.4, -0.2) is 31.3 Å². The number of hydrogen-bond acceptors (Lipinski definition) is 3. The third-order valence-corrected chi connectivity index (χ3v) is 6.65. The van der Waals surface area contributed by atoms with Gasteiger partial charge in [0, 0.05) is 24.7 Å². The molecule has 29 heavy (non-hydrogen) atoms. The number of amides is 1. The SMILES string of the molecule is CCC(C)N(Cc1ccccc1)C(=O)/C=C/c1ccc(S(=O)(=O)NC2CC2)cc1. The molecule has 1 aliphatic carbocycles. The highest BCUT2D eigenvalue weighted by molar-refractivity contribution is 7.89. The molecule has 0 heterocycles. The number of carbonyl (C=O) groups excluding carboxylic acids is 1. The zero-order chi connectivity index (χ0) is 20.9. The Labute approximate surface area is 173 Å². The lowest BCUT2D eigenvalue weighted by Crippen LogP contribution is -2.36. The van der Waals surface area contributed by atoms with Crippen molar-refractivity contribution < 1.29 is 13.2 Å². The van der Waals surface area contributed by atoms with Crippen molar-refractivity contribution in [1.29, 1.82) is 0 Å². The summed E-state index contributed by atoms with van der Waals surface area (Å²) in [6.07, 6.45) is 5.96. The molecular weight excluding hydrogens is 384 g/mol. The van der Waals surface area contributed by atoms with Gasteiger partial charge in [-0.3, -0.25) is 4.79 Å². The molecule has 2 aromatic rings. The molecular formula is C23H28N2O3S. The van der Waals surface area contributed by atoms with Gasteiger partial charge in [0.2, 0.25) is 15.9 Å². The van der Waals surface area contributed by atoms with Crippen LogP contribution in [0.3, 0.4) is 0 Å². The maximum absolute atomic E-state index is 12.8. The lowest BCUT2D eigenvalue weighted by Gasteiger charge is -2.27. The molecule has 1 fully saturated rings. The van der Waals surface area contributed by atoms with E-state index in [-0.39, 0.29) is 22.9 Å². The minimum absolute atomic E-state index is 0.0599. The summed E-state index contributed by atoms with van der Waals surface area (Å²) >= 11 is 0. The first-order valence-electron chi connectivity index (χ1n) is 10.0. The summed E-state index contributed by atoms with van der Waals surface area (Å²) in [6, 6.07) is 16.7. The third-order valence-electron chi connectivity index (χ3n) is 5.11. The van der Waals surface area contributed by atoms with Gasteiger partial charge >= 0.3 is 0 Å². The van der Waals surface area contributed by atoms with E-state index in [4.69, 9.17) is 0 Å². The van der Waals surface area contributed by atoms with Gasteiger partial charge in [-0.25, -0.2) is 13.1 Å². The number of nitrogens with zero attached hydrogens (tertiary/aromatic N) is 1. The van der Waals surface area contributed by atoms with E-state index >= 15 is 0 Å². The average molecular weight is 413 g/mol. The van der Waals surface area contributed by atoms with E-state index in [1.807, 2.05) is 42.2 Å². The zero-order valence-corrected chi connectivity index (χ0v) is 17.7. The fourth-order valence-electron chi connectivity index (χ4n) is 2.96. The Morgan fingerprint density at radius 3 is 2.38 bits per heavy atom. The monoisotopic (exact) mass is 412 g/mol. The molecule has 0 bridgehead atoms. The molecule has 0 spiro atoms. The van der Waals surface area contributed by atoms with Gasteiger partial charge in [-0.05, 0) is 55.5 Å². The maximum Gasteiger partial charge on any atom is 0.247 e. The molecule has 1 aliphatic rings. The molecule has 0 radical (unpaired) electrons. The predicted octanol–water partition coefficient (Wildman–Crippen LogP) is 3.97. The number of hydrogen-bond donors (Lipinski definition) is 1. The lowest BCUT2D eigenvalue weighted by molar-refractivity contribution is -0.128. The van der Waals surface area contributed by atoms with Crippen LogP contribution >= 0.6 is 0 Å². The van der Waals surface area contributed by atoms with Crippen LogP contribution in [0, 0.1) is 0 Å². The number of rotatable bonds is 9. The molecule has 3 rings (SSSR count). The zero-order valence-electron chi connectivity index (χ0n) is 16.9. The van der Waals surface area contributed by atoms with Gasteiger partial charge in [-0.2, -0.15) is 0 Å². The molecule has 0 aromatic heterocycles. The summed E-state index contributed by atoms with van der Waals surface area (Å²) < 4.78 is 27.1. The van der Waals surface area contributed by atoms with Crippen molar-refractivity contribution in [3.05, 3.63) is 71.8 Å². The Bertz CT molecular complexity index is 949. The second-order valence-corrected chi connectivity index (χ2v) is 9.22. The third kappa shape index (κ3) is 6.02. The Hall–Kier alpha value is -2.44. The highest BCUT2D eigenvalue weighted by Gasteiger charge is 2.27. The van der Waals surface area contributed by atoms with Gasteiger partial charge < -0.3 is 4.90 Å². The summed E-state index contributed by atoms with van der Waals surface area (Å²) in [5.74, 6) is -0.0599. The van der Waals surface area contributed by atoms with E-state index in [0.29, 0.717) is 6.54 Å². The Balaban J connectivity index is 1.68. The molecule has 6 heteroatoms. The standard InChI is InChI=1S/C23H28N2O3S/c1-3-18(2)25(17-20-7-5-4-6-8-20)23(26)16-11-19-9-14-22(15-10-19)29(27,28)24-21-12-13-21/h4-11,14-16,18,21,24H,3,12-13,17H2,1-2H3/b16-11+. The van der Waals surface area contributed by atoms with Crippen molar-refractivity contribution in [2.75, 3.05) is 0 Å². The molecule has 1 saturated carbocycles. The molecule has 154 valence electrons. The molecule has 5 nitrogen and oxygen atoms in total. The van der Waals surface area contributed by atoms with E-state index in [9.17, 15) is 13.2 Å². The van der Waals surface area contributed by atoms with Crippen molar-refractivity contribution in [2.45, 2.75) is 56.6 Å². The van der Waals surface area contributed by atoms with Crippen LogP contribution in [0.4, 0.5) is 0 Å². The van der Waals surface area contributed by atoms with E-state index in [1.54, 1.807) is 36.4 Å². The second kappa shape index (κ2) is 9.37. The molecule has 0 saturated heterocycles. The lowest BCUT2D eigenvalue weighted by atomic mass is 10.1. The van der Waals surface area contributed by atoms with Crippen LogP contribution in [0.15, 0.2) is 65.6 Å². The maximum atomic E-state index is 12.8. The van der Waals surface area contributed by atoms with Crippen LogP contribution in [0.1, 0.15) is 44.2 Å². The van der Waals surface area contributed by atoms with Crippen LogP contribution < -0.4 is 4.72 Å². The fraction of sp³-hybridized carbons (Fsp3) is 0.348. The minimum Gasteiger partial charge on any atom is -0.332 e. The molecule has 1 unspecified atom stereocenters. The second-order valence-electron chi connectivity index (χ2n) is 7.51. The van der Waals surface area contributed by atoms with Crippen LogP contribution in [-0.2, 0) is 21.4 Å². The molecule has 1 N–H and O–H groups in total. The summed E-state index contributed by atoms with van der Waals surface area (Å²) in [5, 5.41) is 0. The Morgan fingerprint density at radius 2 is 1.79 bits per heavy atom. The highest BCUT2D eigenvalue weighted by Crippen LogP contribution is 2.22. The normalized spacial score (nSPS) is 15.4. The van der Waals surface area contributed by atoms with Crippen molar-refractivity contribution in [2.24, 2.45) is 0 Å². The smallest absolute Gasteiger partial charge is 0.247 e. The number of benzene rings is 2. The minimum atomic E-state index is -3.46. The first-order valence-corrected chi connectivity index (χ1v) is 11.5. The molecule has 1 atom stereocenters. The van der Waals surface area contributed by atoms with Gasteiger partial charge in [0.1, 0.15) is 0 Å². The first-order chi connectivity index (χ1) is 13.9. The van der Waals surface area contributed by atoms with Gasteiger partial charge in [0.25, 0.3) is 0 Å². The largest absolute Gasteiger partial charge is 0.332 e.